The number of hydrogen-bond acceptors (Lipinski definition) is 2. The lowest BCUT2D eigenvalue weighted by molar-refractivity contribution is -0.0991. The van der Waals surface area contributed by atoms with Gasteiger partial charge >= 0.3 is 0 Å². The van der Waals surface area contributed by atoms with Crippen LogP contribution in [0.2, 0.25) is 0 Å². The van der Waals surface area contributed by atoms with Crippen molar-refractivity contribution in [3.05, 3.63) is 34.6 Å². The quantitative estimate of drug-likeness (QED) is 0.886. The van der Waals surface area contributed by atoms with E-state index in [1.165, 1.54) is 0 Å². The van der Waals surface area contributed by atoms with Crippen molar-refractivity contribution < 1.29 is 9.13 Å². The highest BCUT2D eigenvalue weighted by Gasteiger charge is 2.45. The van der Waals surface area contributed by atoms with E-state index >= 15 is 0 Å². The summed E-state index contributed by atoms with van der Waals surface area (Å²) in [4.78, 5) is 0. The number of aryl methyl sites for hydroxylation is 2. The molecule has 0 aromatic heterocycles. The van der Waals surface area contributed by atoms with Gasteiger partial charge in [0, 0.05) is 12.7 Å². The molecule has 1 aromatic rings. The van der Waals surface area contributed by atoms with Gasteiger partial charge in [0.1, 0.15) is 5.82 Å². The zero-order valence-corrected chi connectivity index (χ0v) is 11.6. The molecule has 1 atom stereocenters. The van der Waals surface area contributed by atoms with Crippen LogP contribution in [0.3, 0.4) is 0 Å². The van der Waals surface area contributed by atoms with Gasteiger partial charge in [0.05, 0.1) is 11.6 Å². The lowest BCUT2D eigenvalue weighted by Crippen LogP contribution is -2.50. The van der Waals surface area contributed by atoms with Crippen LogP contribution in [0.15, 0.2) is 12.1 Å². The predicted octanol–water partition coefficient (Wildman–Crippen LogP) is 3.27. The van der Waals surface area contributed by atoms with Gasteiger partial charge in [-0.05, 0) is 57.4 Å². The van der Waals surface area contributed by atoms with Gasteiger partial charge in [-0.3, -0.25) is 0 Å². The zero-order valence-electron chi connectivity index (χ0n) is 11.6. The van der Waals surface area contributed by atoms with Gasteiger partial charge < -0.3 is 10.1 Å². The molecule has 0 aliphatic heterocycles. The minimum absolute atomic E-state index is 0.0724. The van der Waals surface area contributed by atoms with Gasteiger partial charge in [0.25, 0.3) is 0 Å². The van der Waals surface area contributed by atoms with Crippen molar-refractivity contribution in [2.75, 3.05) is 14.2 Å². The maximum absolute atomic E-state index is 14.3. The molecule has 1 unspecified atom stereocenters. The van der Waals surface area contributed by atoms with E-state index in [-0.39, 0.29) is 17.5 Å². The fraction of sp³-hybridized carbons (Fsp3) is 0.600. The third-order valence-corrected chi connectivity index (χ3v) is 4.19. The van der Waals surface area contributed by atoms with Crippen LogP contribution >= 0.6 is 0 Å². The number of benzene rings is 1. The van der Waals surface area contributed by atoms with E-state index in [0.717, 1.165) is 36.0 Å². The molecule has 100 valence electrons. The third-order valence-electron chi connectivity index (χ3n) is 4.19. The second-order valence-electron chi connectivity index (χ2n) is 5.32. The number of nitrogens with one attached hydrogen (secondary N) is 1. The van der Waals surface area contributed by atoms with Crippen molar-refractivity contribution in [2.24, 2.45) is 0 Å². The highest BCUT2D eigenvalue weighted by Crippen LogP contribution is 2.46. The molecule has 1 fully saturated rings. The van der Waals surface area contributed by atoms with Crippen LogP contribution in [-0.2, 0) is 4.74 Å². The molecular weight excluding hydrogens is 229 g/mol. The molecule has 0 heterocycles. The van der Waals surface area contributed by atoms with E-state index in [0.29, 0.717) is 0 Å². The summed E-state index contributed by atoms with van der Waals surface area (Å²) in [6, 6.07) is 3.57. The summed E-state index contributed by atoms with van der Waals surface area (Å²) >= 11 is 0. The normalized spacial score (nSPS) is 19.4. The first kappa shape index (κ1) is 13.5. The Hall–Kier alpha value is -0.930. The van der Waals surface area contributed by atoms with Crippen molar-refractivity contribution in [3.8, 4) is 0 Å². The Labute approximate surface area is 109 Å². The van der Waals surface area contributed by atoms with E-state index in [4.69, 9.17) is 4.74 Å². The molecular formula is C15H22FNO. The van der Waals surface area contributed by atoms with Crippen molar-refractivity contribution in [2.45, 2.75) is 44.8 Å². The van der Waals surface area contributed by atoms with E-state index < -0.39 is 0 Å². The minimum Gasteiger partial charge on any atom is -0.376 e. The Bertz CT molecular complexity index is 412. The monoisotopic (exact) mass is 251 g/mol. The molecule has 0 bridgehead atoms. The minimum atomic E-state index is -0.240. The van der Waals surface area contributed by atoms with Crippen molar-refractivity contribution >= 4 is 0 Å². The molecule has 0 spiro atoms. The molecule has 1 aromatic carbocycles. The summed E-state index contributed by atoms with van der Waals surface area (Å²) < 4.78 is 20.0. The summed E-state index contributed by atoms with van der Waals surface area (Å²) in [7, 11) is 3.60. The summed E-state index contributed by atoms with van der Waals surface area (Å²) in [6.07, 6.45) is 3.13. The molecule has 2 nitrogen and oxygen atoms in total. The van der Waals surface area contributed by atoms with Gasteiger partial charge in [0.15, 0.2) is 0 Å². The summed E-state index contributed by atoms with van der Waals surface area (Å²) in [5.74, 6) is -0.129. The Morgan fingerprint density at radius 1 is 1.33 bits per heavy atom. The molecule has 18 heavy (non-hydrogen) atoms. The Morgan fingerprint density at radius 2 is 2.00 bits per heavy atom. The first-order valence-electron chi connectivity index (χ1n) is 6.53. The Kier molecular flexibility index (Phi) is 3.74. The average molecular weight is 251 g/mol. The molecule has 1 aliphatic carbocycles. The first-order chi connectivity index (χ1) is 8.54. The van der Waals surface area contributed by atoms with Crippen LogP contribution < -0.4 is 5.32 Å². The van der Waals surface area contributed by atoms with Gasteiger partial charge in [-0.1, -0.05) is 6.07 Å². The van der Waals surface area contributed by atoms with E-state index in [1.807, 2.05) is 27.0 Å². The SMILES string of the molecule is CNC(c1c(C)cc(C)cc1F)C1(OC)CCC1. The Balaban J connectivity index is 2.45. The van der Waals surface area contributed by atoms with Crippen LogP contribution in [0, 0.1) is 19.7 Å². The van der Waals surface area contributed by atoms with E-state index in [2.05, 4.69) is 5.32 Å². The maximum atomic E-state index is 14.3. The smallest absolute Gasteiger partial charge is 0.128 e. The number of rotatable bonds is 4. The van der Waals surface area contributed by atoms with E-state index in [1.54, 1.807) is 13.2 Å². The van der Waals surface area contributed by atoms with E-state index in [9.17, 15) is 4.39 Å². The second kappa shape index (κ2) is 4.98. The molecule has 0 radical (unpaired) electrons. The third kappa shape index (κ3) is 2.06. The summed E-state index contributed by atoms with van der Waals surface area (Å²) in [6.45, 7) is 3.89. The van der Waals surface area contributed by atoms with Crippen molar-refractivity contribution in [3.63, 3.8) is 0 Å². The lowest BCUT2D eigenvalue weighted by atomic mass is 9.71. The Morgan fingerprint density at radius 3 is 2.39 bits per heavy atom. The fourth-order valence-electron chi connectivity index (χ4n) is 3.10. The number of methoxy groups -OCH3 is 1. The highest BCUT2D eigenvalue weighted by molar-refractivity contribution is 5.36. The predicted molar refractivity (Wildman–Crippen MR) is 71.3 cm³/mol. The number of likely N-dealkylation sites (N-methyl/N-ethyl adjacent to an activating group) is 1. The van der Waals surface area contributed by atoms with Gasteiger partial charge in [-0.25, -0.2) is 4.39 Å². The zero-order chi connectivity index (χ0) is 13.3. The second-order valence-corrected chi connectivity index (χ2v) is 5.32. The van der Waals surface area contributed by atoms with Crippen molar-refractivity contribution in [1.29, 1.82) is 0 Å². The molecule has 1 saturated carbocycles. The number of ether oxygens (including phenoxy) is 1. The lowest BCUT2D eigenvalue weighted by Gasteiger charge is -2.47. The van der Waals surface area contributed by atoms with Gasteiger partial charge in [-0.15, -0.1) is 0 Å². The van der Waals surface area contributed by atoms with Crippen molar-refractivity contribution in [1.82, 2.24) is 5.32 Å². The van der Waals surface area contributed by atoms with Crippen LogP contribution in [-0.4, -0.2) is 19.8 Å². The molecule has 3 heteroatoms. The van der Waals surface area contributed by atoms with Crippen LogP contribution in [0.25, 0.3) is 0 Å². The average Bonchev–Trinajstić information content (AvgIpc) is 2.24. The van der Waals surface area contributed by atoms with Gasteiger partial charge in [-0.2, -0.15) is 0 Å². The molecule has 1 aliphatic rings. The fourth-order valence-corrected chi connectivity index (χ4v) is 3.10. The van der Waals surface area contributed by atoms with Crippen LogP contribution in [0.5, 0.6) is 0 Å². The first-order valence-corrected chi connectivity index (χ1v) is 6.53. The number of hydrogen-bond donors (Lipinski definition) is 1. The molecule has 0 amide bonds. The number of halogens is 1. The summed E-state index contributed by atoms with van der Waals surface area (Å²) in [5, 5.41) is 3.25. The molecule has 1 N–H and O–H groups in total. The van der Waals surface area contributed by atoms with Crippen LogP contribution in [0.4, 0.5) is 4.39 Å². The largest absolute Gasteiger partial charge is 0.376 e. The molecule has 0 saturated heterocycles. The topological polar surface area (TPSA) is 21.3 Å². The summed E-state index contributed by atoms with van der Waals surface area (Å²) in [5.41, 5.74) is 2.47. The molecule has 2 rings (SSSR count). The van der Waals surface area contributed by atoms with Gasteiger partial charge in [0.2, 0.25) is 0 Å². The standard InChI is InChI=1S/C15H22FNO/c1-10-8-11(2)13(12(16)9-10)14(17-3)15(18-4)6-5-7-15/h8-9,14,17H,5-7H2,1-4H3. The maximum Gasteiger partial charge on any atom is 0.128 e. The van der Waals surface area contributed by atoms with Crippen LogP contribution in [0.1, 0.15) is 42.0 Å². The highest BCUT2D eigenvalue weighted by atomic mass is 19.1.